The summed E-state index contributed by atoms with van der Waals surface area (Å²) >= 11 is 0. The van der Waals surface area contributed by atoms with Crippen LogP contribution in [0.1, 0.15) is 18.5 Å². The molecule has 0 radical (unpaired) electrons. The van der Waals surface area contributed by atoms with Gasteiger partial charge in [0.15, 0.2) is 6.61 Å². The second kappa shape index (κ2) is 6.65. The second-order valence-electron chi connectivity index (χ2n) is 4.32. The van der Waals surface area contributed by atoms with E-state index >= 15 is 0 Å². The fourth-order valence-electron chi connectivity index (χ4n) is 1.70. The lowest BCUT2D eigenvalue weighted by molar-refractivity contribution is -0.123. The van der Waals surface area contributed by atoms with Crippen LogP contribution < -0.4 is 10.1 Å². The first-order valence-electron chi connectivity index (χ1n) is 6.23. The van der Waals surface area contributed by atoms with Gasteiger partial charge in [0.05, 0.1) is 6.04 Å². The molecule has 0 fully saturated rings. The molecule has 104 valence electrons. The van der Waals surface area contributed by atoms with Crippen LogP contribution in [0.25, 0.3) is 0 Å². The molecule has 0 spiro atoms. The molecule has 20 heavy (non-hydrogen) atoms. The Morgan fingerprint density at radius 3 is 2.95 bits per heavy atom. The predicted molar refractivity (Wildman–Crippen MR) is 72.7 cm³/mol. The van der Waals surface area contributed by atoms with Crippen molar-refractivity contribution in [2.75, 3.05) is 6.61 Å². The lowest BCUT2D eigenvalue weighted by Gasteiger charge is -2.14. The molecule has 0 bridgehead atoms. The molecule has 0 aliphatic heterocycles. The molecular formula is C15H15FN2O2. The minimum absolute atomic E-state index is 0.159. The molecule has 0 saturated heterocycles. The zero-order chi connectivity index (χ0) is 14.4. The number of aromatic nitrogens is 1. The zero-order valence-corrected chi connectivity index (χ0v) is 11.0. The molecule has 1 heterocycles. The molecule has 1 aromatic carbocycles. The summed E-state index contributed by atoms with van der Waals surface area (Å²) in [5.74, 6) is -0.341. The van der Waals surface area contributed by atoms with E-state index in [1.54, 1.807) is 24.5 Å². The van der Waals surface area contributed by atoms with Crippen LogP contribution in [0.5, 0.6) is 5.75 Å². The smallest absolute Gasteiger partial charge is 0.258 e. The molecule has 4 nitrogen and oxygen atoms in total. The lowest BCUT2D eigenvalue weighted by atomic mass is 10.1. The van der Waals surface area contributed by atoms with Crippen molar-refractivity contribution in [3.63, 3.8) is 0 Å². The standard InChI is InChI=1S/C15H15FN2O2/c1-11(12-4-3-7-17-9-12)18-15(19)10-20-14-6-2-5-13(16)8-14/h2-9,11H,10H2,1H3,(H,18,19). The Balaban J connectivity index is 1.84. The monoisotopic (exact) mass is 274 g/mol. The number of amides is 1. The first-order chi connectivity index (χ1) is 9.65. The van der Waals surface area contributed by atoms with Crippen LogP contribution in [0.4, 0.5) is 4.39 Å². The fraction of sp³-hybridized carbons (Fsp3) is 0.200. The Morgan fingerprint density at radius 1 is 1.40 bits per heavy atom. The number of carbonyl (C=O) groups excluding carboxylic acids is 1. The number of nitrogens with zero attached hydrogens (tertiary/aromatic N) is 1. The Bertz CT molecular complexity index is 575. The molecule has 0 aliphatic carbocycles. The lowest BCUT2D eigenvalue weighted by Crippen LogP contribution is -2.31. The second-order valence-corrected chi connectivity index (χ2v) is 4.32. The molecule has 2 aromatic rings. The summed E-state index contributed by atoms with van der Waals surface area (Å²) in [4.78, 5) is 15.7. The van der Waals surface area contributed by atoms with Crippen molar-refractivity contribution in [3.05, 3.63) is 60.2 Å². The number of nitrogens with one attached hydrogen (secondary N) is 1. The van der Waals surface area contributed by atoms with Crippen molar-refractivity contribution in [2.24, 2.45) is 0 Å². The molecule has 1 amide bonds. The van der Waals surface area contributed by atoms with E-state index < -0.39 is 5.82 Å². The highest BCUT2D eigenvalue weighted by Crippen LogP contribution is 2.12. The highest BCUT2D eigenvalue weighted by molar-refractivity contribution is 5.78. The van der Waals surface area contributed by atoms with E-state index in [1.807, 2.05) is 13.0 Å². The van der Waals surface area contributed by atoms with E-state index in [9.17, 15) is 9.18 Å². The van der Waals surface area contributed by atoms with Crippen LogP contribution in [0.15, 0.2) is 48.8 Å². The first kappa shape index (κ1) is 14.0. The van der Waals surface area contributed by atoms with Crippen LogP contribution in [-0.4, -0.2) is 17.5 Å². The number of halogens is 1. The van der Waals surface area contributed by atoms with Crippen LogP contribution in [-0.2, 0) is 4.79 Å². The third-order valence-corrected chi connectivity index (χ3v) is 2.73. The van der Waals surface area contributed by atoms with Gasteiger partial charge in [0.2, 0.25) is 0 Å². The molecule has 1 aromatic heterocycles. The molecule has 0 saturated carbocycles. The van der Waals surface area contributed by atoms with E-state index in [-0.39, 0.29) is 18.6 Å². The first-order valence-corrected chi connectivity index (χ1v) is 6.23. The van der Waals surface area contributed by atoms with E-state index in [2.05, 4.69) is 10.3 Å². The third-order valence-electron chi connectivity index (χ3n) is 2.73. The van der Waals surface area contributed by atoms with Gasteiger partial charge in [-0.3, -0.25) is 9.78 Å². The minimum atomic E-state index is -0.397. The average molecular weight is 274 g/mol. The van der Waals surface area contributed by atoms with Crippen LogP contribution >= 0.6 is 0 Å². The molecule has 1 atom stereocenters. The molecule has 2 rings (SSSR count). The number of rotatable bonds is 5. The zero-order valence-electron chi connectivity index (χ0n) is 11.0. The Labute approximate surface area is 116 Å². The van der Waals surface area contributed by atoms with Gasteiger partial charge in [-0.05, 0) is 30.7 Å². The van der Waals surface area contributed by atoms with Gasteiger partial charge in [-0.2, -0.15) is 0 Å². The Hall–Kier alpha value is -2.43. The summed E-state index contributed by atoms with van der Waals surface area (Å²) in [5.41, 5.74) is 0.909. The van der Waals surface area contributed by atoms with Gasteiger partial charge in [-0.25, -0.2) is 4.39 Å². The van der Waals surface area contributed by atoms with Gasteiger partial charge in [-0.15, -0.1) is 0 Å². The maximum absolute atomic E-state index is 12.9. The van der Waals surface area contributed by atoms with E-state index in [1.165, 1.54) is 18.2 Å². The largest absolute Gasteiger partial charge is 0.484 e. The average Bonchev–Trinajstić information content (AvgIpc) is 2.46. The molecule has 0 aliphatic rings. The Morgan fingerprint density at radius 2 is 2.25 bits per heavy atom. The molecule has 1 N–H and O–H groups in total. The van der Waals surface area contributed by atoms with Gasteiger partial charge in [0, 0.05) is 18.5 Å². The quantitative estimate of drug-likeness (QED) is 0.911. The Kier molecular flexibility index (Phi) is 4.65. The van der Waals surface area contributed by atoms with Crippen LogP contribution in [0.2, 0.25) is 0 Å². The number of hydrogen-bond donors (Lipinski definition) is 1. The number of benzene rings is 1. The van der Waals surface area contributed by atoms with Crippen molar-refractivity contribution in [1.29, 1.82) is 0 Å². The maximum Gasteiger partial charge on any atom is 0.258 e. The van der Waals surface area contributed by atoms with Gasteiger partial charge in [-0.1, -0.05) is 12.1 Å². The van der Waals surface area contributed by atoms with E-state index in [4.69, 9.17) is 4.74 Å². The number of pyridine rings is 1. The molecule has 1 unspecified atom stereocenters. The summed E-state index contributed by atoms with van der Waals surface area (Å²) in [6.07, 6.45) is 3.36. The predicted octanol–water partition coefficient (Wildman–Crippen LogP) is 2.48. The van der Waals surface area contributed by atoms with Gasteiger partial charge in [0.25, 0.3) is 5.91 Å². The van der Waals surface area contributed by atoms with Crippen molar-refractivity contribution in [3.8, 4) is 5.75 Å². The van der Waals surface area contributed by atoms with E-state index in [0.717, 1.165) is 5.56 Å². The number of ether oxygens (including phenoxy) is 1. The highest BCUT2D eigenvalue weighted by atomic mass is 19.1. The number of carbonyl (C=O) groups is 1. The van der Waals surface area contributed by atoms with Crippen LogP contribution in [0.3, 0.4) is 0 Å². The third kappa shape index (κ3) is 4.05. The van der Waals surface area contributed by atoms with Gasteiger partial charge >= 0.3 is 0 Å². The summed E-state index contributed by atoms with van der Waals surface area (Å²) in [6, 6.07) is 9.20. The summed E-state index contributed by atoms with van der Waals surface area (Å²) in [7, 11) is 0. The SMILES string of the molecule is CC(NC(=O)COc1cccc(F)c1)c1cccnc1. The molecule has 5 heteroatoms. The van der Waals surface area contributed by atoms with Crippen LogP contribution in [0, 0.1) is 5.82 Å². The maximum atomic E-state index is 12.9. The number of hydrogen-bond acceptors (Lipinski definition) is 3. The summed E-state index contributed by atoms with van der Waals surface area (Å²) in [6.45, 7) is 1.70. The molecular weight excluding hydrogens is 259 g/mol. The van der Waals surface area contributed by atoms with Crippen molar-refractivity contribution >= 4 is 5.91 Å². The van der Waals surface area contributed by atoms with E-state index in [0.29, 0.717) is 5.75 Å². The van der Waals surface area contributed by atoms with Crippen molar-refractivity contribution < 1.29 is 13.9 Å². The van der Waals surface area contributed by atoms with Crippen molar-refractivity contribution in [2.45, 2.75) is 13.0 Å². The topological polar surface area (TPSA) is 51.2 Å². The minimum Gasteiger partial charge on any atom is -0.484 e. The summed E-state index contributed by atoms with van der Waals surface area (Å²) in [5, 5.41) is 2.78. The summed E-state index contributed by atoms with van der Waals surface area (Å²) < 4.78 is 18.2. The van der Waals surface area contributed by atoms with Gasteiger partial charge in [0.1, 0.15) is 11.6 Å². The highest BCUT2D eigenvalue weighted by Gasteiger charge is 2.10. The fourth-order valence-corrected chi connectivity index (χ4v) is 1.70. The normalized spacial score (nSPS) is 11.7. The van der Waals surface area contributed by atoms with Gasteiger partial charge < -0.3 is 10.1 Å². The van der Waals surface area contributed by atoms with Crippen molar-refractivity contribution in [1.82, 2.24) is 10.3 Å².